The van der Waals surface area contributed by atoms with Crippen molar-refractivity contribution in [1.82, 2.24) is 9.80 Å². The van der Waals surface area contributed by atoms with Crippen LogP contribution in [0.4, 0.5) is 0 Å². The fraction of sp³-hybridized carbons (Fsp3) is 0.529. The standard InChI is InChI=1S/C17H22N2O2/c1-13-2-4-14(5-3-13)12-16(20)18-8-10-19(11-9-18)17(21)15-6-7-15/h2-5,15H,6-12H2,1H3. The van der Waals surface area contributed by atoms with Crippen molar-refractivity contribution in [2.24, 2.45) is 5.92 Å². The van der Waals surface area contributed by atoms with Gasteiger partial charge >= 0.3 is 0 Å². The number of hydrogen-bond acceptors (Lipinski definition) is 2. The summed E-state index contributed by atoms with van der Waals surface area (Å²) in [5.41, 5.74) is 2.26. The third-order valence-corrected chi connectivity index (χ3v) is 4.35. The third-order valence-electron chi connectivity index (χ3n) is 4.35. The molecule has 4 heteroatoms. The molecule has 2 amide bonds. The lowest BCUT2D eigenvalue weighted by Gasteiger charge is -2.35. The van der Waals surface area contributed by atoms with Crippen molar-refractivity contribution in [2.45, 2.75) is 26.2 Å². The lowest BCUT2D eigenvalue weighted by molar-refractivity contribution is -0.140. The van der Waals surface area contributed by atoms with Gasteiger partial charge in [-0.05, 0) is 25.3 Å². The molecule has 1 aliphatic carbocycles. The van der Waals surface area contributed by atoms with Crippen LogP contribution in [0.5, 0.6) is 0 Å². The lowest BCUT2D eigenvalue weighted by Crippen LogP contribution is -2.51. The van der Waals surface area contributed by atoms with Crippen molar-refractivity contribution in [3.8, 4) is 0 Å². The fourth-order valence-corrected chi connectivity index (χ4v) is 2.76. The van der Waals surface area contributed by atoms with Gasteiger partial charge < -0.3 is 9.80 Å². The van der Waals surface area contributed by atoms with E-state index < -0.39 is 0 Å². The van der Waals surface area contributed by atoms with Crippen LogP contribution in [0.2, 0.25) is 0 Å². The second kappa shape index (κ2) is 5.88. The summed E-state index contributed by atoms with van der Waals surface area (Å²) < 4.78 is 0. The van der Waals surface area contributed by atoms with Gasteiger partial charge in [-0.25, -0.2) is 0 Å². The Labute approximate surface area is 125 Å². The van der Waals surface area contributed by atoms with Gasteiger partial charge in [-0.15, -0.1) is 0 Å². The molecule has 2 fully saturated rings. The summed E-state index contributed by atoms with van der Waals surface area (Å²) in [5, 5.41) is 0. The van der Waals surface area contributed by atoms with Gasteiger partial charge in [-0.3, -0.25) is 9.59 Å². The SMILES string of the molecule is Cc1ccc(CC(=O)N2CCN(C(=O)C3CC3)CC2)cc1. The first-order valence-corrected chi connectivity index (χ1v) is 7.75. The minimum Gasteiger partial charge on any atom is -0.339 e. The molecule has 4 nitrogen and oxygen atoms in total. The van der Waals surface area contributed by atoms with Crippen molar-refractivity contribution in [3.63, 3.8) is 0 Å². The molecule has 0 spiro atoms. The first kappa shape index (κ1) is 14.1. The summed E-state index contributed by atoms with van der Waals surface area (Å²) in [6.07, 6.45) is 2.55. The van der Waals surface area contributed by atoms with Crippen molar-refractivity contribution >= 4 is 11.8 Å². The summed E-state index contributed by atoms with van der Waals surface area (Å²) in [6.45, 7) is 4.76. The predicted octanol–water partition coefficient (Wildman–Crippen LogP) is 1.62. The molecule has 3 rings (SSSR count). The number of aryl methyl sites for hydroxylation is 1. The van der Waals surface area contributed by atoms with Crippen LogP contribution in [0.25, 0.3) is 0 Å². The van der Waals surface area contributed by atoms with Gasteiger partial charge in [0.05, 0.1) is 6.42 Å². The number of rotatable bonds is 3. The Bertz CT molecular complexity index is 526. The Morgan fingerprint density at radius 2 is 1.57 bits per heavy atom. The highest BCUT2D eigenvalue weighted by atomic mass is 16.2. The second-order valence-electron chi connectivity index (χ2n) is 6.14. The van der Waals surface area contributed by atoms with Gasteiger partial charge in [0.15, 0.2) is 0 Å². The number of benzene rings is 1. The number of amides is 2. The van der Waals surface area contributed by atoms with E-state index in [1.807, 2.05) is 41.0 Å². The maximum atomic E-state index is 12.3. The molecule has 0 bridgehead atoms. The maximum absolute atomic E-state index is 12.3. The van der Waals surface area contributed by atoms with Crippen LogP contribution in [0, 0.1) is 12.8 Å². The average Bonchev–Trinajstić information content (AvgIpc) is 3.34. The Morgan fingerprint density at radius 3 is 2.14 bits per heavy atom. The van der Waals surface area contributed by atoms with Gasteiger partial charge in [-0.1, -0.05) is 29.8 Å². The summed E-state index contributed by atoms with van der Waals surface area (Å²) in [4.78, 5) is 28.1. The molecule has 0 aromatic heterocycles. The molecule has 1 saturated carbocycles. The molecule has 2 aliphatic rings. The summed E-state index contributed by atoms with van der Waals surface area (Å²) in [7, 11) is 0. The van der Waals surface area contributed by atoms with E-state index in [4.69, 9.17) is 0 Å². The van der Waals surface area contributed by atoms with E-state index in [0.717, 1.165) is 18.4 Å². The van der Waals surface area contributed by atoms with Crippen LogP contribution in [0.1, 0.15) is 24.0 Å². The van der Waals surface area contributed by atoms with Crippen LogP contribution in [-0.2, 0) is 16.0 Å². The van der Waals surface area contributed by atoms with E-state index in [1.54, 1.807) is 0 Å². The highest BCUT2D eigenvalue weighted by Crippen LogP contribution is 2.31. The van der Waals surface area contributed by atoms with Crippen LogP contribution in [0.3, 0.4) is 0 Å². The fourth-order valence-electron chi connectivity index (χ4n) is 2.76. The van der Waals surface area contributed by atoms with Crippen LogP contribution >= 0.6 is 0 Å². The largest absolute Gasteiger partial charge is 0.339 e. The minimum atomic E-state index is 0.164. The number of hydrogen-bond donors (Lipinski definition) is 0. The minimum absolute atomic E-state index is 0.164. The Balaban J connectivity index is 1.50. The normalized spacial score (nSPS) is 18.7. The molecule has 0 N–H and O–H groups in total. The molecular formula is C17H22N2O2. The summed E-state index contributed by atoms with van der Waals surface area (Å²) in [5.74, 6) is 0.734. The number of carbonyl (C=O) groups is 2. The zero-order chi connectivity index (χ0) is 14.8. The first-order valence-electron chi connectivity index (χ1n) is 7.75. The molecule has 1 aromatic rings. The van der Waals surface area contributed by atoms with Gasteiger partial charge in [-0.2, -0.15) is 0 Å². The van der Waals surface area contributed by atoms with Crippen molar-refractivity contribution in [2.75, 3.05) is 26.2 Å². The van der Waals surface area contributed by atoms with E-state index in [9.17, 15) is 9.59 Å². The molecule has 0 radical (unpaired) electrons. The zero-order valence-electron chi connectivity index (χ0n) is 12.5. The van der Waals surface area contributed by atoms with E-state index in [2.05, 4.69) is 0 Å². The summed E-state index contributed by atoms with van der Waals surface area (Å²) >= 11 is 0. The molecule has 1 heterocycles. The Hall–Kier alpha value is -1.84. The topological polar surface area (TPSA) is 40.6 Å². The molecule has 1 aliphatic heterocycles. The monoisotopic (exact) mass is 286 g/mol. The molecule has 0 atom stereocenters. The van der Waals surface area contributed by atoms with Gasteiger partial charge in [0.1, 0.15) is 0 Å². The smallest absolute Gasteiger partial charge is 0.227 e. The molecule has 21 heavy (non-hydrogen) atoms. The highest BCUT2D eigenvalue weighted by molar-refractivity contribution is 5.82. The Morgan fingerprint density at radius 1 is 1.00 bits per heavy atom. The quantitative estimate of drug-likeness (QED) is 0.847. The van der Waals surface area contributed by atoms with E-state index in [-0.39, 0.29) is 11.8 Å². The highest BCUT2D eigenvalue weighted by Gasteiger charge is 2.35. The van der Waals surface area contributed by atoms with Crippen LogP contribution in [-0.4, -0.2) is 47.8 Å². The van der Waals surface area contributed by atoms with Crippen molar-refractivity contribution in [1.29, 1.82) is 0 Å². The summed E-state index contributed by atoms with van der Waals surface area (Å²) in [6, 6.07) is 8.10. The number of carbonyl (C=O) groups excluding carboxylic acids is 2. The molecule has 1 saturated heterocycles. The van der Waals surface area contributed by atoms with E-state index in [0.29, 0.717) is 38.5 Å². The van der Waals surface area contributed by atoms with Crippen molar-refractivity contribution in [3.05, 3.63) is 35.4 Å². The van der Waals surface area contributed by atoms with Gasteiger partial charge in [0.2, 0.25) is 11.8 Å². The van der Waals surface area contributed by atoms with Crippen LogP contribution in [0.15, 0.2) is 24.3 Å². The lowest BCUT2D eigenvalue weighted by atomic mass is 10.1. The molecular weight excluding hydrogens is 264 g/mol. The predicted molar refractivity (Wildman–Crippen MR) is 80.8 cm³/mol. The molecule has 0 unspecified atom stereocenters. The maximum Gasteiger partial charge on any atom is 0.227 e. The number of piperazine rings is 1. The number of nitrogens with zero attached hydrogens (tertiary/aromatic N) is 2. The van der Waals surface area contributed by atoms with E-state index >= 15 is 0 Å². The first-order chi connectivity index (χ1) is 10.1. The average molecular weight is 286 g/mol. The molecule has 1 aromatic carbocycles. The van der Waals surface area contributed by atoms with Crippen molar-refractivity contribution < 1.29 is 9.59 Å². The van der Waals surface area contributed by atoms with Gasteiger partial charge in [0.25, 0.3) is 0 Å². The second-order valence-corrected chi connectivity index (χ2v) is 6.14. The Kier molecular flexibility index (Phi) is 3.95. The van der Waals surface area contributed by atoms with Gasteiger partial charge in [0, 0.05) is 32.1 Å². The zero-order valence-corrected chi connectivity index (χ0v) is 12.5. The third kappa shape index (κ3) is 3.43. The molecule has 112 valence electrons. The van der Waals surface area contributed by atoms with E-state index in [1.165, 1.54) is 5.56 Å². The van der Waals surface area contributed by atoms with Crippen LogP contribution < -0.4 is 0 Å².